The molecule has 0 amide bonds. The van der Waals surface area contributed by atoms with E-state index >= 15 is 0 Å². The first-order chi connectivity index (χ1) is 11.0. The lowest BCUT2D eigenvalue weighted by atomic mass is 10.2. The summed E-state index contributed by atoms with van der Waals surface area (Å²) in [4.78, 5) is 8.10. The van der Waals surface area contributed by atoms with Gasteiger partial charge in [-0.2, -0.15) is 0 Å². The van der Waals surface area contributed by atoms with Gasteiger partial charge in [-0.15, -0.1) is 13.2 Å². The first-order valence-corrected chi connectivity index (χ1v) is 7.50. The van der Waals surface area contributed by atoms with Crippen LogP contribution in [0, 0.1) is 18.6 Å². The van der Waals surface area contributed by atoms with Crippen molar-refractivity contribution in [2.75, 3.05) is 0 Å². The molecule has 23 heavy (non-hydrogen) atoms. The zero-order valence-corrected chi connectivity index (χ0v) is 15.0. The molecular weight excluding hydrogens is 296 g/mol. The summed E-state index contributed by atoms with van der Waals surface area (Å²) in [7, 11) is 1.75. The Morgan fingerprint density at radius 1 is 1.04 bits per heavy atom. The minimum atomic E-state index is -0.892. The second-order valence-electron chi connectivity index (χ2n) is 3.69. The van der Waals surface area contributed by atoms with Gasteiger partial charge >= 0.3 is 0 Å². The molecular formula is C18H27F2N3. The van der Waals surface area contributed by atoms with E-state index in [1.165, 1.54) is 6.07 Å². The molecule has 1 aromatic carbocycles. The number of benzene rings is 1. The van der Waals surface area contributed by atoms with E-state index in [1.807, 2.05) is 27.7 Å². The van der Waals surface area contributed by atoms with E-state index in [0.717, 1.165) is 12.1 Å². The van der Waals surface area contributed by atoms with Crippen LogP contribution in [0.5, 0.6) is 0 Å². The predicted molar refractivity (Wildman–Crippen MR) is 96.5 cm³/mol. The summed E-state index contributed by atoms with van der Waals surface area (Å²) in [5.41, 5.74) is 1.20. The van der Waals surface area contributed by atoms with Crippen molar-refractivity contribution < 1.29 is 8.78 Å². The van der Waals surface area contributed by atoms with Crippen molar-refractivity contribution in [2.24, 2.45) is 12.0 Å². The Morgan fingerprint density at radius 2 is 1.57 bits per heavy atom. The first kappa shape index (κ1) is 23.0. The molecule has 128 valence electrons. The zero-order chi connectivity index (χ0) is 18.6. The summed E-state index contributed by atoms with van der Waals surface area (Å²) < 4.78 is 27.7. The average Bonchev–Trinajstić information content (AvgIpc) is 2.89. The maximum atomic E-state index is 13.1. The molecule has 0 aliphatic heterocycles. The lowest BCUT2D eigenvalue weighted by Crippen LogP contribution is -1.94. The minimum Gasteiger partial charge on any atom is -0.312 e. The van der Waals surface area contributed by atoms with E-state index < -0.39 is 11.6 Å². The highest BCUT2D eigenvalue weighted by Gasteiger charge is 2.13. The monoisotopic (exact) mass is 323 g/mol. The van der Waals surface area contributed by atoms with Crippen LogP contribution in [0.25, 0.3) is 11.4 Å². The van der Waals surface area contributed by atoms with E-state index in [2.05, 4.69) is 29.9 Å². The van der Waals surface area contributed by atoms with Crippen LogP contribution in [0.3, 0.4) is 0 Å². The third-order valence-electron chi connectivity index (χ3n) is 2.56. The SMILES string of the molecule is C=C.C=Nc1c(C)nc(-c2ccc(F)c(F)c2)n1C.CC.CC. The van der Waals surface area contributed by atoms with Crippen LogP contribution in [0.15, 0.2) is 36.3 Å². The number of hydrogen-bond acceptors (Lipinski definition) is 2. The molecule has 0 aliphatic carbocycles. The molecule has 0 radical (unpaired) electrons. The van der Waals surface area contributed by atoms with Gasteiger partial charge in [0.25, 0.3) is 0 Å². The highest BCUT2D eigenvalue weighted by Crippen LogP contribution is 2.26. The fourth-order valence-corrected chi connectivity index (χ4v) is 1.74. The number of imidazole rings is 1. The van der Waals surface area contributed by atoms with Crippen LogP contribution in [-0.4, -0.2) is 16.3 Å². The van der Waals surface area contributed by atoms with Gasteiger partial charge in [0.15, 0.2) is 17.5 Å². The smallest absolute Gasteiger partial charge is 0.159 e. The highest BCUT2D eigenvalue weighted by molar-refractivity contribution is 5.61. The maximum Gasteiger partial charge on any atom is 0.159 e. The Labute approximate surface area is 138 Å². The highest BCUT2D eigenvalue weighted by atomic mass is 19.2. The summed E-state index contributed by atoms with van der Waals surface area (Å²) >= 11 is 0. The third-order valence-corrected chi connectivity index (χ3v) is 2.56. The van der Waals surface area contributed by atoms with Gasteiger partial charge in [-0.25, -0.2) is 18.8 Å². The van der Waals surface area contributed by atoms with Crippen molar-refractivity contribution in [1.29, 1.82) is 0 Å². The molecule has 1 aromatic heterocycles. The van der Waals surface area contributed by atoms with E-state index in [9.17, 15) is 8.78 Å². The summed E-state index contributed by atoms with van der Waals surface area (Å²) in [6.07, 6.45) is 0. The van der Waals surface area contributed by atoms with Gasteiger partial charge in [0, 0.05) is 12.6 Å². The number of aliphatic imine (C=N–C) groups is 1. The quantitative estimate of drug-likeness (QED) is 0.503. The molecule has 0 N–H and O–H groups in total. The molecule has 1 heterocycles. The molecule has 2 rings (SSSR count). The van der Waals surface area contributed by atoms with Gasteiger partial charge in [0.1, 0.15) is 5.82 Å². The topological polar surface area (TPSA) is 30.2 Å². The first-order valence-electron chi connectivity index (χ1n) is 7.50. The molecule has 0 aliphatic rings. The molecule has 0 unspecified atom stereocenters. The summed E-state index contributed by atoms with van der Waals surface area (Å²) in [6, 6.07) is 3.67. The number of nitrogens with zero attached hydrogens (tertiary/aromatic N) is 3. The molecule has 0 saturated heterocycles. The molecule has 0 atom stereocenters. The molecule has 0 spiro atoms. The van der Waals surface area contributed by atoms with E-state index in [4.69, 9.17) is 0 Å². The van der Waals surface area contributed by atoms with Crippen LogP contribution >= 0.6 is 0 Å². The predicted octanol–water partition coefficient (Wildman–Crippen LogP) is 5.86. The van der Waals surface area contributed by atoms with Crippen LogP contribution in [0.4, 0.5) is 14.6 Å². The molecule has 0 bridgehead atoms. The molecule has 2 aromatic rings. The van der Waals surface area contributed by atoms with Gasteiger partial charge in [0.05, 0.1) is 5.69 Å². The zero-order valence-electron chi connectivity index (χ0n) is 15.0. The van der Waals surface area contributed by atoms with Crippen molar-refractivity contribution in [3.63, 3.8) is 0 Å². The van der Waals surface area contributed by atoms with Crippen LogP contribution < -0.4 is 0 Å². The number of aromatic nitrogens is 2. The van der Waals surface area contributed by atoms with Gasteiger partial charge in [0.2, 0.25) is 0 Å². The lowest BCUT2D eigenvalue weighted by molar-refractivity contribution is 0.509. The van der Waals surface area contributed by atoms with E-state index in [1.54, 1.807) is 18.5 Å². The number of aryl methyl sites for hydroxylation is 1. The van der Waals surface area contributed by atoms with Gasteiger partial charge < -0.3 is 4.57 Å². The van der Waals surface area contributed by atoms with Crippen LogP contribution in [-0.2, 0) is 7.05 Å². The standard InChI is InChI=1S/C12H11F2N3.2C2H6.C2H4/c1-7-11(15-2)17(3)12(16-7)8-4-5-9(13)10(14)6-8;3*1-2/h4-6H,2H2,1,3H3;2*1-2H3;1-2H2. The fraction of sp³-hybridized carbons (Fsp3) is 0.333. The van der Waals surface area contributed by atoms with Gasteiger partial charge in [-0.05, 0) is 31.8 Å². The minimum absolute atomic E-state index is 0.504. The Balaban J connectivity index is 0. The van der Waals surface area contributed by atoms with E-state index in [0.29, 0.717) is 22.9 Å². The average molecular weight is 323 g/mol. The molecule has 0 saturated carbocycles. The third kappa shape index (κ3) is 5.77. The lowest BCUT2D eigenvalue weighted by Gasteiger charge is -2.03. The van der Waals surface area contributed by atoms with Crippen molar-refractivity contribution >= 4 is 12.5 Å². The number of rotatable bonds is 2. The van der Waals surface area contributed by atoms with Crippen molar-refractivity contribution in [3.8, 4) is 11.4 Å². The molecule has 5 heteroatoms. The van der Waals surface area contributed by atoms with Gasteiger partial charge in [-0.3, -0.25) is 0 Å². The second-order valence-corrected chi connectivity index (χ2v) is 3.69. The van der Waals surface area contributed by atoms with Crippen LogP contribution in [0.1, 0.15) is 33.4 Å². The Morgan fingerprint density at radius 3 is 1.96 bits per heavy atom. The normalized spacial score (nSPS) is 8.52. The summed E-state index contributed by atoms with van der Waals surface area (Å²) in [6.45, 7) is 19.2. The maximum absolute atomic E-state index is 13.1. The summed E-state index contributed by atoms with van der Waals surface area (Å²) in [5, 5.41) is 0. The van der Waals surface area contributed by atoms with Crippen molar-refractivity contribution in [3.05, 3.63) is 48.7 Å². The van der Waals surface area contributed by atoms with Crippen molar-refractivity contribution in [1.82, 2.24) is 9.55 Å². The Hall–Kier alpha value is -2.30. The largest absolute Gasteiger partial charge is 0.312 e. The van der Waals surface area contributed by atoms with Crippen LogP contribution in [0.2, 0.25) is 0 Å². The Bertz CT molecular complexity index is 605. The molecule has 0 fully saturated rings. The second kappa shape index (κ2) is 12.3. The summed E-state index contributed by atoms with van der Waals surface area (Å²) in [5.74, 6) is -0.619. The fourth-order valence-electron chi connectivity index (χ4n) is 1.74. The number of halogens is 2. The van der Waals surface area contributed by atoms with Gasteiger partial charge in [-0.1, -0.05) is 27.7 Å². The number of hydrogen-bond donors (Lipinski definition) is 0. The molecule has 3 nitrogen and oxygen atoms in total. The Kier molecular flexibility index (Phi) is 12.3. The van der Waals surface area contributed by atoms with E-state index in [-0.39, 0.29) is 0 Å². The van der Waals surface area contributed by atoms with Crippen molar-refractivity contribution in [2.45, 2.75) is 34.6 Å².